The van der Waals surface area contributed by atoms with Crippen molar-refractivity contribution >= 4 is 10.8 Å². The van der Waals surface area contributed by atoms with E-state index in [0.717, 1.165) is 24.1 Å². The molecule has 2 fully saturated rings. The lowest BCUT2D eigenvalue weighted by Crippen LogP contribution is -2.35. The molecule has 0 aromatic heterocycles. The first kappa shape index (κ1) is 11.6. The molecule has 2 atom stereocenters. The van der Waals surface area contributed by atoms with Crippen molar-refractivity contribution in [3.05, 3.63) is 0 Å². The molecule has 2 aliphatic rings. The first-order valence-corrected chi connectivity index (χ1v) is 7.61. The maximum atomic E-state index is 11.2. The molecule has 88 valence electrons. The van der Waals surface area contributed by atoms with Crippen molar-refractivity contribution in [3.8, 4) is 0 Å². The third-order valence-corrected chi connectivity index (χ3v) is 4.67. The molecule has 2 rings (SSSR count). The van der Waals surface area contributed by atoms with E-state index in [9.17, 15) is 4.21 Å². The third kappa shape index (κ3) is 3.54. The smallest absolute Gasteiger partial charge is 0.0360 e. The van der Waals surface area contributed by atoms with Crippen LogP contribution >= 0.6 is 0 Å². The van der Waals surface area contributed by atoms with Crippen molar-refractivity contribution in [2.75, 3.05) is 31.1 Å². The summed E-state index contributed by atoms with van der Waals surface area (Å²) in [6, 6.07) is 1.56. The lowest BCUT2D eigenvalue weighted by molar-refractivity contribution is 0.318. The first-order chi connectivity index (χ1) is 7.29. The molecule has 0 spiro atoms. The summed E-state index contributed by atoms with van der Waals surface area (Å²) in [4.78, 5) is 2.61. The van der Waals surface area contributed by atoms with Crippen LogP contribution in [0.4, 0.5) is 0 Å². The fraction of sp³-hybridized carbons (Fsp3) is 1.00. The van der Waals surface area contributed by atoms with Gasteiger partial charge in [-0.2, -0.15) is 0 Å². The Morgan fingerprint density at radius 3 is 2.87 bits per heavy atom. The SMILES string of the molecule is CCS(=O)CCNC1CCN(C2CC2)C1. The molecular weight excluding hydrogens is 208 g/mol. The van der Waals surface area contributed by atoms with E-state index in [2.05, 4.69) is 10.2 Å². The van der Waals surface area contributed by atoms with Gasteiger partial charge in [-0.3, -0.25) is 9.11 Å². The summed E-state index contributed by atoms with van der Waals surface area (Å²) in [5.41, 5.74) is 0. The standard InChI is InChI=1S/C11H22N2OS/c1-2-15(14)8-6-12-10-5-7-13(9-10)11-3-4-11/h10-12H,2-9H2,1H3. The predicted octanol–water partition coefficient (Wildman–Crippen LogP) is 0.581. The Morgan fingerprint density at radius 1 is 1.40 bits per heavy atom. The minimum Gasteiger partial charge on any atom is -0.312 e. The quantitative estimate of drug-likeness (QED) is 0.724. The molecule has 3 nitrogen and oxygen atoms in total. The Morgan fingerprint density at radius 2 is 2.20 bits per heavy atom. The van der Waals surface area contributed by atoms with Crippen molar-refractivity contribution < 1.29 is 4.21 Å². The van der Waals surface area contributed by atoms with Gasteiger partial charge in [-0.25, -0.2) is 0 Å². The second kappa shape index (κ2) is 5.41. The molecule has 0 bridgehead atoms. The Bertz CT molecular complexity index is 231. The zero-order valence-electron chi connectivity index (χ0n) is 9.58. The number of nitrogens with zero attached hydrogens (tertiary/aromatic N) is 1. The van der Waals surface area contributed by atoms with Gasteiger partial charge >= 0.3 is 0 Å². The highest BCUT2D eigenvalue weighted by Gasteiger charge is 2.33. The Balaban J connectivity index is 1.58. The second-order valence-corrected chi connectivity index (χ2v) is 6.46. The normalized spacial score (nSPS) is 29.5. The number of nitrogens with one attached hydrogen (secondary N) is 1. The van der Waals surface area contributed by atoms with E-state index in [4.69, 9.17) is 0 Å². The average molecular weight is 230 g/mol. The highest BCUT2D eigenvalue weighted by atomic mass is 32.2. The van der Waals surface area contributed by atoms with Crippen LogP contribution in [0.2, 0.25) is 0 Å². The van der Waals surface area contributed by atoms with Crippen LogP contribution in [-0.2, 0) is 10.8 Å². The maximum absolute atomic E-state index is 11.2. The highest BCUT2D eigenvalue weighted by molar-refractivity contribution is 7.84. The van der Waals surface area contributed by atoms with E-state index in [1.54, 1.807) is 0 Å². The molecular formula is C11H22N2OS. The van der Waals surface area contributed by atoms with Crippen molar-refractivity contribution in [3.63, 3.8) is 0 Å². The van der Waals surface area contributed by atoms with Crippen molar-refractivity contribution in [2.24, 2.45) is 0 Å². The van der Waals surface area contributed by atoms with E-state index in [1.807, 2.05) is 6.92 Å². The van der Waals surface area contributed by atoms with E-state index in [0.29, 0.717) is 6.04 Å². The Labute approximate surface area is 95.1 Å². The fourth-order valence-electron chi connectivity index (χ4n) is 2.25. The Kier molecular flexibility index (Phi) is 4.17. The summed E-state index contributed by atoms with van der Waals surface area (Å²) in [5, 5.41) is 3.52. The number of rotatable bonds is 6. The van der Waals surface area contributed by atoms with Crippen LogP contribution in [0.25, 0.3) is 0 Å². The zero-order valence-corrected chi connectivity index (χ0v) is 10.4. The van der Waals surface area contributed by atoms with Crippen LogP contribution in [-0.4, -0.2) is 52.3 Å². The molecule has 15 heavy (non-hydrogen) atoms. The number of likely N-dealkylation sites (tertiary alicyclic amines) is 1. The topological polar surface area (TPSA) is 32.3 Å². The van der Waals surface area contributed by atoms with Crippen LogP contribution in [0.3, 0.4) is 0 Å². The number of hydrogen-bond donors (Lipinski definition) is 1. The molecule has 0 aromatic rings. The van der Waals surface area contributed by atoms with Gasteiger partial charge in [0.2, 0.25) is 0 Å². The number of hydrogen-bond acceptors (Lipinski definition) is 3. The van der Waals surface area contributed by atoms with Gasteiger partial charge in [-0.15, -0.1) is 0 Å². The average Bonchev–Trinajstić information content (AvgIpc) is 2.99. The maximum Gasteiger partial charge on any atom is 0.0360 e. The molecule has 2 unspecified atom stereocenters. The largest absolute Gasteiger partial charge is 0.312 e. The zero-order chi connectivity index (χ0) is 10.7. The summed E-state index contributed by atoms with van der Waals surface area (Å²) in [7, 11) is -0.608. The van der Waals surface area contributed by atoms with Gasteiger partial charge in [0.1, 0.15) is 0 Å². The molecule has 1 aliphatic carbocycles. The molecule has 1 saturated carbocycles. The molecule has 0 amide bonds. The van der Waals surface area contributed by atoms with Gasteiger partial charge in [0, 0.05) is 54.0 Å². The van der Waals surface area contributed by atoms with Crippen LogP contribution in [0.15, 0.2) is 0 Å². The van der Waals surface area contributed by atoms with Gasteiger partial charge in [0.15, 0.2) is 0 Å². The lowest BCUT2D eigenvalue weighted by atomic mass is 10.3. The minimum absolute atomic E-state index is 0.608. The monoisotopic (exact) mass is 230 g/mol. The van der Waals surface area contributed by atoms with E-state index in [1.165, 1.54) is 32.4 Å². The lowest BCUT2D eigenvalue weighted by Gasteiger charge is -2.15. The van der Waals surface area contributed by atoms with Crippen LogP contribution in [0.1, 0.15) is 26.2 Å². The van der Waals surface area contributed by atoms with Gasteiger partial charge in [0.25, 0.3) is 0 Å². The summed E-state index contributed by atoms with van der Waals surface area (Å²) in [6.07, 6.45) is 4.09. The van der Waals surface area contributed by atoms with Crippen LogP contribution in [0, 0.1) is 0 Å². The molecule has 1 aliphatic heterocycles. The van der Waals surface area contributed by atoms with Crippen molar-refractivity contribution in [1.82, 2.24) is 10.2 Å². The third-order valence-electron chi connectivity index (χ3n) is 3.37. The summed E-state index contributed by atoms with van der Waals surface area (Å²) in [6.45, 7) is 5.38. The molecule has 4 heteroatoms. The fourth-order valence-corrected chi connectivity index (χ4v) is 2.88. The van der Waals surface area contributed by atoms with Gasteiger partial charge in [0.05, 0.1) is 0 Å². The minimum atomic E-state index is -0.608. The second-order valence-electron chi connectivity index (χ2n) is 4.60. The predicted molar refractivity (Wildman–Crippen MR) is 64.6 cm³/mol. The molecule has 0 aromatic carbocycles. The van der Waals surface area contributed by atoms with Gasteiger partial charge < -0.3 is 5.32 Å². The first-order valence-electron chi connectivity index (χ1n) is 6.12. The summed E-state index contributed by atoms with van der Waals surface area (Å²) in [5.74, 6) is 1.61. The van der Waals surface area contributed by atoms with Gasteiger partial charge in [-0.05, 0) is 19.3 Å². The van der Waals surface area contributed by atoms with Gasteiger partial charge in [-0.1, -0.05) is 6.92 Å². The Hall–Kier alpha value is 0.0700. The molecule has 0 radical (unpaired) electrons. The molecule has 1 saturated heterocycles. The highest BCUT2D eigenvalue weighted by Crippen LogP contribution is 2.29. The summed E-state index contributed by atoms with van der Waals surface area (Å²) >= 11 is 0. The van der Waals surface area contributed by atoms with Crippen molar-refractivity contribution in [1.29, 1.82) is 0 Å². The van der Waals surface area contributed by atoms with E-state index in [-0.39, 0.29) is 0 Å². The summed E-state index contributed by atoms with van der Waals surface area (Å²) < 4.78 is 11.2. The van der Waals surface area contributed by atoms with Crippen LogP contribution < -0.4 is 5.32 Å². The van der Waals surface area contributed by atoms with E-state index >= 15 is 0 Å². The molecule has 1 N–H and O–H groups in total. The molecule has 1 heterocycles. The van der Waals surface area contributed by atoms with E-state index < -0.39 is 10.8 Å². The van der Waals surface area contributed by atoms with Crippen LogP contribution in [0.5, 0.6) is 0 Å². The van der Waals surface area contributed by atoms with Crippen molar-refractivity contribution in [2.45, 2.75) is 38.3 Å².